The van der Waals surface area contributed by atoms with Gasteiger partial charge in [0.2, 0.25) is 17.2 Å². The molecule has 3 heterocycles. The number of thiophene rings is 1. The van der Waals surface area contributed by atoms with E-state index >= 15 is 0 Å². The van der Waals surface area contributed by atoms with E-state index in [1.807, 2.05) is 11.9 Å². The van der Waals surface area contributed by atoms with Crippen LogP contribution in [0.3, 0.4) is 0 Å². The fraction of sp³-hybridized carbons (Fsp3) is 0.500. The van der Waals surface area contributed by atoms with Crippen LogP contribution >= 0.6 is 22.9 Å². The largest absolute Gasteiger partial charge is 0.341 e. The van der Waals surface area contributed by atoms with E-state index < -0.39 is 0 Å². The Hall–Kier alpha value is -1.40. The van der Waals surface area contributed by atoms with E-state index in [-0.39, 0.29) is 11.3 Å². The minimum absolute atomic E-state index is 0.204. The molecule has 2 aromatic rings. The van der Waals surface area contributed by atoms with Crippen LogP contribution in [-0.4, -0.2) is 35.1 Å². The second-order valence-electron chi connectivity index (χ2n) is 5.20. The number of rotatable bonds is 4. The lowest BCUT2D eigenvalue weighted by Gasteiger charge is -2.25. The Kier molecular flexibility index (Phi) is 4.26. The second-order valence-corrected chi connectivity index (χ2v) is 6.52. The molecule has 0 radical (unpaired) electrons. The highest BCUT2D eigenvalue weighted by Gasteiger charge is 2.21. The Morgan fingerprint density at radius 1 is 1.29 bits per heavy atom. The van der Waals surface area contributed by atoms with E-state index in [0.29, 0.717) is 11.9 Å². The third-order valence-corrected chi connectivity index (χ3v) is 5.04. The third-order valence-electron chi connectivity index (χ3n) is 3.82. The Morgan fingerprint density at radius 3 is 2.71 bits per heavy atom. The van der Waals surface area contributed by atoms with Crippen molar-refractivity contribution in [1.82, 2.24) is 15.0 Å². The summed E-state index contributed by atoms with van der Waals surface area (Å²) in [7, 11) is 1.99. The summed E-state index contributed by atoms with van der Waals surface area (Å²) in [6.45, 7) is 4.12. The first kappa shape index (κ1) is 14.5. The van der Waals surface area contributed by atoms with Gasteiger partial charge in [-0.05, 0) is 42.8 Å². The maximum atomic E-state index is 6.09. The topological polar surface area (TPSA) is 45.2 Å². The molecule has 0 N–H and O–H groups in total. The lowest BCUT2D eigenvalue weighted by Crippen LogP contribution is -2.26. The van der Waals surface area contributed by atoms with Crippen molar-refractivity contribution < 1.29 is 0 Å². The molecule has 0 bridgehead atoms. The normalized spacial score (nSPS) is 16.2. The maximum absolute atomic E-state index is 6.09. The predicted octanol–water partition coefficient (Wildman–Crippen LogP) is 3.38. The van der Waals surface area contributed by atoms with Crippen molar-refractivity contribution in [2.24, 2.45) is 0 Å². The highest BCUT2D eigenvalue weighted by molar-refractivity contribution is 7.10. The summed E-state index contributed by atoms with van der Waals surface area (Å²) in [5.74, 6) is 1.31. The van der Waals surface area contributed by atoms with Gasteiger partial charge in [-0.2, -0.15) is 15.0 Å². The van der Waals surface area contributed by atoms with E-state index in [4.69, 9.17) is 11.6 Å². The van der Waals surface area contributed by atoms with Gasteiger partial charge in [-0.1, -0.05) is 6.07 Å². The molecule has 3 rings (SSSR count). The molecule has 0 spiro atoms. The van der Waals surface area contributed by atoms with E-state index in [1.165, 1.54) is 17.7 Å². The van der Waals surface area contributed by atoms with Crippen molar-refractivity contribution in [3.63, 3.8) is 0 Å². The highest BCUT2D eigenvalue weighted by atomic mass is 35.5. The molecule has 7 heteroatoms. The van der Waals surface area contributed by atoms with Crippen molar-refractivity contribution in [3.8, 4) is 0 Å². The maximum Gasteiger partial charge on any atom is 0.231 e. The number of aromatic nitrogens is 3. The molecule has 21 heavy (non-hydrogen) atoms. The first-order valence-electron chi connectivity index (χ1n) is 7.08. The molecule has 112 valence electrons. The van der Waals surface area contributed by atoms with Crippen LogP contribution in [0.5, 0.6) is 0 Å². The first-order valence-corrected chi connectivity index (χ1v) is 8.33. The number of hydrogen-bond acceptors (Lipinski definition) is 6. The van der Waals surface area contributed by atoms with Gasteiger partial charge in [0.25, 0.3) is 0 Å². The monoisotopic (exact) mass is 323 g/mol. The van der Waals surface area contributed by atoms with Crippen molar-refractivity contribution >= 4 is 34.8 Å². The molecule has 0 aromatic carbocycles. The van der Waals surface area contributed by atoms with Gasteiger partial charge in [-0.25, -0.2) is 0 Å². The molecule has 1 aliphatic rings. The Morgan fingerprint density at radius 2 is 2.05 bits per heavy atom. The quantitative estimate of drug-likeness (QED) is 0.863. The fourth-order valence-electron chi connectivity index (χ4n) is 2.44. The van der Waals surface area contributed by atoms with Gasteiger partial charge in [-0.3, -0.25) is 0 Å². The van der Waals surface area contributed by atoms with Gasteiger partial charge in [0.1, 0.15) is 0 Å². The highest BCUT2D eigenvalue weighted by Crippen LogP contribution is 2.28. The SMILES string of the molecule is CC(c1cccs1)N(C)c1nc(Cl)nc(N2CCCC2)n1. The zero-order chi connectivity index (χ0) is 14.8. The summed E-state index contributed by atoms with van der Waals surface area (Å²) < 4.78 is 0. The molecule has 1 aliphatic heterocycles. The van der Waals surface area contributed by atoms with Crippen LogP contribution in [0.4, 0.5) is 11.9 Å². The number of hydrogen-bond donors (Lipinski definition) is 0. The van der Waals surface area contributed by atoms with Gasteiger partial charge < -0.3 is 9.80 Å². The number of anilines is 2. The third kappa shape index (κ3) is 3.11. The molecule has 1 saturated heterocycles. The van der Waals surface area contributed by atoms with Crippen molar-refractivity contribution in [2.45, 2.75) is 25.8 Å². The Balaban J connectivity index is 1.87. The number of nitrogens with zero attached hydrogens (tertiary/aromatic N) is 5. The summed E-state index contributed by atoms with van der Waals surface area (Å²) in [6.07, 6.45) is 2.36. The second kappa shape index (κ2) is 6.15. The Bertz CT molecular complexity index is 597. The van der Waals surface area contributed by atoms with E-state index in [9.17, 15) is 0 Å². The molecular formula is C14H18ClN5S. The summed E-state index contributed by atoms with van der Waals surface area (Å²) in [5, 5.41) is 2.34. The minimum Gasteiger partial charge on any atom is -0.341 e. The predicted molar refractivity (Wildman–Crippen MR) is 87.4 cm³/mol. The summed E-state index contributed by atoms with van der Waals surface area (Å²) in [6, 6.07) is 4.38. The molecule has 2 aromatic heterocycles. The minimum atomic E-state index is 0.204. The standard InChI is InChI=1S/C14H18ClN5S/c1-10(11-6-5-9-21-11)19(2)13-16-12(15)17-14(18-13)20-7-3-4-8-20/h5-6,9-10H,3-4,7-8H2,1-2H3. The van der Waals surface area contributed by atoms with Crippen molar-refractivity contribution in [2.75, 3.05) is 29.9 Å². The molecule has 0 saturated carbocycles. The molecule has 0 amide bonds. The van der Waals surface area contributed by atoms with Crippen LogP contribution in [-0.2, 0) is 0 Å². The molecule has 1 atom stereocenters. The summed E-state index contributed by atoms with van der Waals surface area (Å²) in [4.78, 5) is 18.6. The van der Waals surface area contributed by atoms with E-state index in [0.717, 1.165) is 13.1 Å². The molecule has 1 unspecified atom stereocenters. The molecule has 5 nitrogen and oxygen atoms in total. The summed E-state index contributed by atoms with van der Waals surface area (Å²) >= 11 is 7.82. The summed E-state index contributed by atoms with van der Waals surface area (Å²) in [5.41, 5.74) is 0. The fourth-order valence-corrected chi connectivity index (χ4v) is 3.42. The molecule has 1 fully saturated rings. The van der Waals surface area contributed by atoms with Gasteiger partial charge in [0.15, 0.2) is 0 Å². The van der Waals surface area contributed by atoms with Crippen LogP contribution in [0.2, 0.25) is 5.28 Å². The van der Waals surface area contributed by atoms with Crippen LogP contribution in [0.15, 0.2) is 17.5 Å². The van der Waals surface area contributed by atoms with Crippen LogP contribution in [0.25, 0.3) is 0 Å². The van der Waals surface area contributed by atoms with Gasteiger partial charge in [0.05, 0.1) is 6.04 Å². The lowest BCUT2D eigenvalue weighted by atomic mass is 10.2. The zero-order valence-electron chi connectivity index (χ0n) is 12.2. The van der Waals surface area contributed by atoms with E-state index in [1.54, 1.807) is 11.3 Å². The lowest BCUT2D eigenvalue weighted by molar-refractivity contribution is 0.719. The van der Waals surface area contributed by atoms with Crippen LogP contribution in [0.1, 0.15) is 30.7 Å². The Labute approximate surface area is 133 Å². The van der Waals surface area contributed by atoms with Gasteiger partial charge in [-0.15, -0.1) is 11.3 Å². The number of halogens is 1. The van der Waals surface area contributed by atoms with Crippen LogP contribution in [0, 0.1) is 0 Å². The van der Waals surface area contributed by atoms with Gasteiger partial charge in [0, 0.05) is 25.0 Å². The van der Waals surface area contributed by atoms with Gasteiger partial charge >= 0.3 is 0 Å². The van der Waals surface area contributed by atoms with Crippen molar-refractivity contribution in [3.05, 3.63) is 27.7 Å². The first-order chi connectivity index (χ1) is 10.1. The zero-order valence-corrected chi connectivity index (χ0v) is 13.7. The van der Waals surface area contributed by atoms with E-state index in [2.05, 4.69) is 44.3 Å². The average molecular weight is 324 g/mol. The molecule has 0 aliphatic carbocycles. The molecular weight excluding hydrogens is 306 g/mol. The van der Waals surface area contributed by atoms with Crippen LogP contribution < -0.4 is 9.80 Å². The van der Waals surface area contributed by atoms with Crippen molar-refractivity contribution in [1.29, 1.82) is 0 Å². The smallest absolute Gasteiger partial charge is 0.231 e. The average Bonchev–Trinajstić information content (AvgIpc) is 3.17.